The number of nitrogens with one attached hydrogen (secondary N) is 1. The van der Waals surface area contributed by atoms with E-state index >= 15 is 0 Å². The zero-order valence-corrected chi connectivity index (χ0v) is 8.50. The molecule has 14 heavy (non-hydrogen) atoms. The van der Waals surface area contributed by atoms with Crippen molar-refractivity contribution in [3.63, 3.8) is 0 Å². The highest BCUT2D eigenvalue weighted by atomic mass is 35.5. The Morgan fingerprint density at radius 2 is 2.57 bits per heavy atom. The molecule has 1 aliphatic rings. The fraction of sp³-hybridized carbons (Fsp3) is 0.556. The average Bonchev–Trinajstić information content (AvgIpc) is 2.69. The van der Waals surface area contributed by atoms with Crippen LogP contribution in [0.1, 0.15) is 6.42 Å². The average molecular weight is 214 g/mol. The summed E-state index contributed by atoms with van der Waals surface area (Å²) in [6, 6.07) is 0. The number of aromatic nitrogens is 2. The molecule has 0 bridgehead atoms. The van der Waals surface area contributed by atoms with Gasteiger partial charge in [-0.1, -0.05) is 11.6 Å². The van der Waals surface area contributed by atoms with Gasteiger partial charge in [0.05, 0.1) is 12.8 Å². The van der Waals surface area contributed by atoms with Gasteiger partial charge in [0.2, 0.25) is 5.88 Å². The molecule has 2 heterocycles. The molecule has 0 aromatic carbocycles. The van der Waals surface area contributed by atoms with Gasteiger partial charge in [-0.15, -0.1) is 0 Å². The van der Waals surface area contributed by atoms with E-state index in [2.05, 4.69) is 15.3 Å². The highest BCUT2D eigenvalue weighted by Crippen LogP contribution is 2.20. The number of nitrogens with zero attached hydrogens (tertiary/aromatic N) is 2. The van der Waals surface area contributed by atoms with Gasteiger partial charge in [0.15, 0.2) is 0 Å². The molecule has 5 heteroatoms. The van der Waals surface area contributed by atoms with E-state index in [0.29, 0.717) is 23.4 Å². The molecule has 1 aliphatic heterocycles. The molecule has 1 N–H and O–H groups in total. The molecule has 2 rings (SSSR count). The van der Waals surface area contributed by atoms with Gasteiger partial charge < -0.3 is 10.1 Å². The third kappa shape index (κ3) is 2.33. The molecule has 0 saturated carbocycles. The maximum Gasteiger partial charge on any atom is 0.235 e. The Labute approximate surface area is 87.7 Å². The molecule has 1 aromatic heterocycles. The lowest BCUT2D eigenvalue weighted by molar-refractivity contribution is 0.251. The highest BCUT2D eigenvalue weighted by molar-refractivity contribution is 6.31. The van der Waals surface area contributed by atoms with Gasteiger partial charge in [-0.25, -0.2) is 9.97 Å². The van der Waals surface area contributed by atoms with Crippen molar-refractivity contribution >= 4 is 11.6 Å². The number of ether oxygens (including phenoxy) is 1. The molecule has 0 amide bonds. The van der Waals surface area contributed by atoms with Crippen LogP contribution >= 0.6 is 11.6 Å². The molecular weight excluding hydrogens is 202 g/mol. The predicted molar refractivity (Wildman–Crippen MR) is 53.5 cm³/mol. The summed E-state index contributed by atoms with van der Waals surface area (Å²) in [4.78, 5) is 7.74. The number of halogens is 1. The van der Waals surface area contributed by atoms with Crippen molar-refractivity contribution in [2.45, 2.75) is 6.42 Å². The predicted octanol–water partition coefficient (Wildman–Crippen LogP) is 1.12. The van der Waals surface area contributed by atoms with Crippen molar-refractivity contribution in [2.75, 3.05) is 19.7 Å². The summed E-state index contributed by atoms with van der Waals surface area (Å²) in [5, 5.41) is 3.75. The molecule has 1 unspecified atom stereocenters. The first kappa shape index (κ1) is 9.68. The van der Waals surface area contributed by atoms with Crippen LogP contribution in [0.25, 0.3) is 0 Å². The fourth-order valence-corrected chi connectivity index (χ4v) is 1.62. The summed E-state index contributed by atoms with van der Waals surface area (Å²) >= 11 is 5.84. The summed E-state index contributed by atoms with van der Waals surface area (Å²) in [7, 11) is 0. The Morgan fingerprint density at radius 1 is 1.64 bits per heavy atom. The second kappa shape index (κ2) is 4.57. The minimum Gasteiger partial charge on any atom is -0.476 e. The van der Waals surface area contributed by atoms with Gasteiger partial charge in [-0.2, -0.15) is 0 Å². The van der Waals surface area contributed by atoms with E-state index in [4.69, 9.17) is 16.3 Å². The van der Waals surface area contributed by atoms with Gasteiger partial charge >= 0.3 is 0 Å². The molecule has 0 spiro atoms. The van der Waals surface area contributed by atoms with Crippen LogP contribution in [0.15, 0.2) is 12.5 Å². The molecule has 76 valence electrons. The lowest BCUT2D eigenvalue weighted by Gasteiger charge is -2.10. The second-order valence-electron chi connectivity index (χ2n) is 3.35. The maximum absolute atomic E-state index is 5.84. The zero-order valence-electron chi connectivity index (χ0n) is 7.74. The first-order valence-electron chi connectivity index (χ1n) is 4.65. The van der Waals surface area contributed by atoms with Crippen LogP contribution in [-0.4, -0.2) is 29.7 Å². The van der Waals surface area contributed by atoms with Crippen molar-refractivity contribution in [1.29, 1.82) is 0 Å². The van der Waals surface area contributed by atoms with Crippen LogP contribution in [0.2, 0.25) is 5.02 Å². The van der Waals surface area contributed by atoms with Crippen LogP contribution in [0.3, 0.4) is 0 Å². The lowest BCUT2D eigenvalue weighted by atomic mass is 10.1. The van der Waals surface area contributed by atoms with Crippen molar-refractivity contribution < 1.29 is 4.74 Å². The molecule has 0 aliphatic carbocycles. The molecular formula is C9H12ClN3O. The minimum atomic E-state index is 0.471. The fourth-order valence-electron chi connectivity index (χ4n) is 1.46. The van der Waals surface area contributed by atoms with E-state index in [0.717, 1.165) is 19.5 Å². The Balaban J connectivity index is 1.88. The topological polar surface area (TPSA) is 47.0 Å². The monoisotopic (exact) mass is 213 g/mol. The minimum absolute atomic E-state index is 0.471. The Morgan fingerprint density at radius 3 is 3.29 bits per heavy atom. The molecule has 1 fully saturated rings. The summed E-state index contributed by atoms with van der Waals surface area (Å²) in [5.74, 6) is 1.05. The van der Waals surface area contributed by atoms with E-state index in [1.165, 1.54) is 12.5 Å². The molecule has 1 aromatic rings. The first-order valence-corrected chi connectivity index (χ1v) is 5.03. The van der Waals surface area contributed by atoms with Gasteiger partial charge in [0.1, 0.15) is 11.3 Å². The number of hydrogen-bond donors (Lipinski definition) is 1. The lowest BCUT2D eigenvalue weighted by Crippen LogP contribution is -2.16. The molecule has 4 nitrogen and oxygen atoms in total. The van der Waals surface area contributed by atoms with Gasteiger partial charge in [0.25, 0.3) is 0 Å². The standard InChI is InChI=1S/C9H12ClN3O/c10-8-4-12-6-13-9(8)14-5-7-1-2-11-3-7/h4,6-7,11H,1-3,5H2. The summed E-state index contributed by atoms with van der Waals surface area (Å²) in [6.07, 6.45) is 4.13. The summed E-state index contributed by atoms with van der Waals surface area (Å²) in [5.41, 5.74) is 0. The Bertz CT molecular complexity index is 302. The Hall–Kier alpha value is -0.870. The smallest absolute Gasteiger partial charge is 0.235 e. The Kier molecular flexibility index (Phi) is 3.16. The normalized spacial score (nSPS) is 21.1. The third-order valence-corrected chi connectivity index (χ3v) is 2.51. The van der Waals surface area contributed by atoms with Crippen molar-refractivity contribution in [1.82, 2.24) is 15.3 Å². The number of hydrogen-bond acceptors (Lipinski definition) is 4. The molecule has 1 atom stereocenters. The van der Waals surface area contributed by atoms with E-state index in [9.17, 15) is 0 Å². The van der Waals surface area contributed by atoms with Crippen molar-refractivity contribution in [2.24, 2.45) is 5.92 Å². The summed E-state index contributed by atoms with van der Waals surface area (Å²) < 4.78 is 5.50. The molecule has 0 radical (unpaired) electrons. The van der Waals surface area contributed by atoms with Crippen LogP contribution in [0.4, 0.5) is 0 Å². The molecule has 1 saturated heterocycles. The van der Waals surface area contributed by atoms with Gasteiger partial charge in [-0.3, -0.25) is 0 Å². The van der Waals surface area contributed by atoms with E-state index in [1.54, 1.807) is 0 Å². The zero-order chi connectivity index (χ0) is 9.80. The van der Waals surface area contributed by atoms with Gasteiger partial charge in [0, 0.05) is 12.5 Å². The van der Waals surface area contributed by atoms with Crippen molar-refractivity contribution in [3.8, 4) is 5.88 Å². The maximum atomic E-state index is 5.84. The first-order chi connectivity index (χ1) is 6.86. The highest BCUT2D eigenvalue weighted by Gasteiger charge is 2.15. The second-order valence-corrected chi connectivity index (χ2v) is 3.75. The van der Waals surface area contributed by atoms with E-state index in [-0.39, 0.29) is 0 Å². The van der Waals surface area contributed by atoms with Crippen LogP contribution in [0.5, 0.6) is 5.88 Å². The van der Waals surface area contributed by atoms with Crippen LogP contribution in [-0.2, 0) is 0 Å². The van der Waals surface area contributed by atoms with E-state index < -0.39 is 0 Å². The largest absolute Gasteiger partial charge is 0.476 e. The number of rotatable bonds is 3. The van der Waals surface area contributed by atoms with Crippen LogP contribution < -0.4 is 10.1 Å². The third-order valence-electron chi connectivity index (χ3n) is 2.25. The van der Waals surface area contributed by atoms with Crippen LogP contribution in [0, 0.1) is 5.92 Å². The van der Waals surface area contributed by atoms with Gasteiger partial charge in [-0.05, 0) is 13.0 Å². The SMILES string of the molecule is Clc1cncnc1OCC1CCNC1. The summed E-state index contributed by atoms with van der Waals surface area (Å²) in [6.45, 7) is 2.76. The quantitative estimate of drug-likeness (QED) is 0.818. The van der Waals surface area contributed by atoms with E-state index in [1.807, 2.05) is 0 Å². The van der Waals surface area contributed by atoms with Crippen molar-refractivity contribution in [3.05, 3.63) is 17.5 Å².